The molecular weight excluding hydrogens is 255 g/mol. The number of fused-ring (bicyclic) bond motifs is 1. The number of aliphatic hydroxyl groups excluding tert-OH is 1. The third kappa shape index (κ3) is 2.81. The zero-order chi connectivity index (χ0) is 13.9. The Labute approximate surface area is 117 Å². The van der Waals surface area contributed by atoms with Crippen LogP contribution in [0.3, 0.4) is 0 Å². The molecular formula is C16H19FN2O. The molecule has 0 radical (unpaired) electrons. The van der Waals surface area contributed by atoms with Gasteiger partial charge in [0.1, 0.15) is 6.17 Å². The highest BCUT2D eigenvalue weighted by Crippen LogP contribution is 2.28. The van der Waals surface area contributed by atoms with Crippen molar-refractivity contribution in [1.82, 2.24) is 10.3 Å². The minimum atomic E-state index is -0.748. The summed E-state index contributed by atoms with van der Waals surface area (Å²) in [6.45, 7) is 0.690. The summed E-state index contributed by atoms with van der Waals surface area (Å²) >= 11 is 0. The van der Waals surface area contributed by atoms with Gasteiger partial charge in [0.25, 0.3) is 0 Å². The Balaban J connectivity index is 1.80. The number of rotatable bonds is 3. The molecule has 0 amide bonds. The minimum Gasteiger partial charge on any atom is -0.388 e. The van der Waals surface area contributed by atoms with Crippen molar-refractivity contribution >= 4 is 10.8 Å². The van der Waals surface area contributed by atoms with Crippen LogP contribution < -0.4 is 5.32 Å². The van der Waals surface area contributed by atoms with Gasteiger partial charge in [-0.2, -0.15) is 0 Å². The summed E-state index contributed by atoms with van der Waals surface area (Å²) in [7, 11) is 0. The van der Waals surface area contributed by atoms with Crippen LogP contribution in [-0.4, -0.2) is 28.8 Å². The summed E-state index contributed by atoms with van der Waals surface area (Å²) in [6.07, 6.45) is 3.78. The van der Waals surface area contributed by atoms with Gasteiger partial charge in [0, 0.05) is 23.8 Å². The van der Waals surface area contributed by atoms with E-state index in [0.29, 0.717) is 25.8 Å². The second kappa shape index (κ2) is 5.85. The number of hydrogen-bond acceptors (Lipinski definition) is 3. The van der Waals surface area contributed by atoms with E-state index in [0.717, 1.165) is 16.3 Å². The first-order valence-electron chi connectivity index (χ1n) is 7.12. The lowest BCUT2D eigenvalue weighted by molar-refractivity contribution is 0.129. The maximum absolute atomic E-state index is 13.4. The van der Waals surface area contributed by atoms with E-state index in [1.54, 1.807) is 12.4 Å². The SMILES string of the molecule is O[C@@H](C[C@H]1C[C@H](F)CCN1)c1cccc2ccncc12. The number of pyridine rings is 1. The first-order chi connectivity index (χ1) is 9.74. The summed E-state index contributed by atoms with van der Waals surface area (Å²) in [6, 6.07) is 7.84. The molecule has 3 nitrogen and oxygen atoms in total. The van der Waals surface area contributed by atoms with Gasteiger partial charge < -0.3 is 10.4 Å². The van der Waals surface area contributed by atoms with Gasteiger partial charge >= 0.3 is 0 Å². The molecule has 1 fully saturated rings. The number of nitrogens with one attached hydrogen (secondary N) is 1. The molecule has 0 saturated carbocycles. The fraction of sp³-hybridized carbons (Fsp3) is 0.438. The molecule has 1 aliphatic heterocycles. The molecule has 106 valence electrons. The van der Waals surface area contributed by atoms with Gasteiger partial charge in [0.15, 0.2) is 0 Å². The van der Waals surface area contributed by atoms with E-state index in [1.807, 2.05) is 24.3 Å². The first-order valence-corrected chi connectivity index (χ1v) is 7.12. The Kier molecular flexibility index (Phi) is 3.94. The Morgan fingerprint density at radius 2 is 2.30 bits per heavy atom. The number of benzene rings is 1. The third-order valence-electron chi connectivity index (χ3n) is 4.02. The van der Waals surface area contributed by atoms with Crippen LogP contribution in [-0.2, 0) is 0 Å². The van der Waals surface area contributed by atoms with E-state index >= 15 is 0 Å². The maximum atomic E-state index is 13.4. The molecule has 2 aromatic rings. The van der Waals surface area contributed by atoms with Crippen LogP contribution in [0.5, 0.6) is 0 Å². The van der Waals surface area contributed by atoms with Crippen LogP contribution in [0.1, 0.15) is 30.9 Å². The van der Waals surface area contributed by atoms with E-state index in [9.17, 15) is 9.50 Å². The Bertz CT molecular complexity index is 584. The molecule has 0 unspecified atom stereocenters. The molecule has 20 heavy (non-hydrogen) atoms. The fourth-order valence-electron chi connectivity index (χ4n) is 2.96. The number of alkyl halides is 1. The molecule has 4 heteroatoms. The standard InChI is InChI=1S/C16H19FN2O/c17-12-5-7-19-13(8-12)9-16(20)14-3-1-2-11-4-6-18-10-15(11)14/h1-4,6,10,12-13,16,19-20H,5,7-9H2/t12-,13-,16+/m1/s1. The Morgan fingerprint density at radius 3 is 3.15 bits per heavy atom. The van der Waals surface area contributed by atoms with Crippen LogP contribution in [0.15, 0.2) is 36.7 Å². The highest BCUT2D eigenvalue weighted by atomic mass is 19.1. The van der Waals surface area contributed by atoms with Crippen LogP contribution in [0.25, 0.3) is 10.8 Å². The van der Waals surface area contributed by atoms with Crippen molar-refractivity contribution in [3.05, 3.63) is 42.2 Å². The van der Waals surface area contributed by atoms with Gasteiger partial charge in [-0.15, -0.1) is 0 Å². The molecule has 1 saturated heterocycles. The van der Waals surface area contributed by atoms with E-state index < -0.39 is 12.3 Å². The molecule has 1 aliphatic rings. The average Bonchev–Trinajstić information content (AvgIpc) is 2.46. The van der Waals surface area contributed by atoms with Crippen LogP contribution >= 0.6 is 0 Å². The molecule has 2 heterocycles. The second-order valence-electron chi connectivity index (χ2n) is 5.47. The predicted molar refractivity (Wildman–Crippen MR) is 77.2 cm³/mol. The van der Waals surface area contributed by atoms with Crippen molar-refractivity contribution in [2.24, 2.45) is 0 Å². The van der Waals surface area contributed by atoms with Gasteiger partial charge in [-0.3, -0.25) is 4.98 Å². The number of aromatic nitrogens is 1. The molecule has 0 bridgehead atoms. The van der Waals surface area contributed by atoms with Crippen molar-refractivity contribution in [2.75, 3.05) is 6.54 Å². The predicted octanol–water partition coefficient (Wildman–Crippen LogP) is 2.75. The first kappa shape index (κ1) is 13.5. The molecule has 0 spiro atoms. The second-order valence-corrected chi connectivity index (χ2v) is 5.47. The summed E-state index contributed by atoms with van der Waals surface area (Å²) in [4.78, 5) is 4.13. The van der Waals surface area contributed by atoms with Gasteiger partial charge in [-0.25, -0.2) is 4.39 Å². The van der Waals surface area contributed by atoms with Gasteiger partial charge in [-0.1, -0.05) is 18.2 Å². The monoisotopic (exact) mass is 274 g/mol. The molecule has 1 aromatic heterocycles. The Morgan fingerprint density at radius 1 is 1.40 bits per heavy atom. The van der Waals surface area contributed by atoms with Crippen molar-refractivity contribution in [2.45, 2.75) is 37.6 Å². The van der Waals surface area contributed by atoms with Crippen LogP contribution in [0, 0.1) is 0 Å². The number of hydrogen-bond donors (Lipinski definition) is 2. The molecule has 2 N–H and O–H groups in total. The number of piperidine rings is 1. The highest BCUT2D eigenvalue weighted by molar-refractivity contribution is 5.85. The number of halogens is 1. The average molecular weight is 274 g/mol. The topological polar surface area (TPSA) is 45.1 Å². The molecule has 1 aromatic carbocycles. The molecule has 3 rings (SSSR count). The quantitative estimate of drug-likeness (QED) is 0.904. The maximum Gasteiger partial charge on any atom is 0.103 e. The van der Waals surface area contributed by atoms with E-state index in [-0.39, 0.29) is 6.04 Å². The summed E-state index contributed by atoms with van der Waals surface area (Å²) < 4.78 is 13.4. The lowest BCUT2D eigenvalue weighted by Crippen LogP contribution is -2.39. The van der Waals surface area contributed by atoms with Crippen molar-refractivity contribution < 1.29 is 9.50 Å². The smallest absolute Gasteiger partial charge is 0.103 e. The zero-order valence-electron chi connectivity index (χ0n) is 11.3. The number of aliphatic hydroxyl groups is 1. The lowest BCUT2D eigenvalue weighted by Gasteiger charge is -2.28. The van der Waals surface area contributed by atoms with Crippen molar-refractivity contribution in [3.63, 3.8) is 0 Å². The van der Waals surface area contributed by atoms with Gasteiger partial charge in [0.05, 0.1) is 6.10 Å². The van der Waals surface area contributed by atoms with Crippen LogP contribution in [0.4, 0.5) is 4.39 Å². The summed E-state index contributed by atoms with van der Waals surface area (Å²) in [5, 5.41) is 15.8. The Hall–Kier alpha value is -1.52. The normalized spacial score (nSPS) is 24.7. The minimum absolute atomic E-state index is 0.0423. The third-order valence-corrected chi connectivity index (χ3v) is 4.02. The van der Waals surface area contributed by atoms with E-state index in [1.165, 1.54) is 0 Å². The fourth-order valence-corrected chi connectivity index (χ4v) is 2.96. The van der Waals surface area contributed by atoms with E-state index in [2.05, 4.69) is 10.3 Å². The van der Waals surface area contributed by atoms with Gasteiger partial charge in [-0.05, 0) is 42.8 Å². The summed E-state index contributed by atoms with van der Waals surface area (Å²) in [5.41, 5.74) is 0.874. The molecule has 0 aliphatic carbocycles. The number of nitrogens with zero attached hydrogens (tertiary/aromatic N) is 1. The van der Waals surface area contributed by atoms with Crippen molar-refractivity contribution in [1.29, 1.82) is 0 Å². The lowest BCUT2D eigenvalue weighted by atomic mass is 9.93. The highest BCUT2D eigenvalue weighted by Gasteiger charge is 2.24. The van der Waals surface area contributed by atoms with Gasteiger partial charge in [0.2, 0.25) is 0 Å². The summed E-state index contributed by atoms with van der Waals surface area (Å²) in [5.74, 6) is 0. The zero-order valence-corrected chi connectivity index (χ0v) is 11.3. The van der Waals surface area contributed by atoms with Crippen molar-refractivity contribution in [3.8, 4) is 0 Å². The van der Waals surface area contributed by atoms with E-state index in [4.69, 9.17) is 0 Å². The molecule has 3 atom stereocenters. The largest absolute Gasteiger partial charge is 0.388 e. The van der Waals surface area contributed by atoms with Crippen LogP contribution in [0.2, 0.25) is 0 Å².